The molecule has 0 bridgehead atoms. The van der Waals surface area contributed by atoms with Gasteiger partial charge >= 0.3 is 5.97 Å². The summed E-state index contributed by atoms with van der Waals surface area (Å²) in [6.07, 6.45) is 6.00. The fourth-order valence-corrected chi connectivity index (χ4v) is 1.95. The van der Waals surface area contributed by atoms with Crippen LogP contribution in [0.15, 0.2) is 66.8 Å². The van der Waals surface area contributed by atoms with Crippen molar-refractivity contribution >= 4 is 12.0 Å². The van der Waals surface area contributed by atoms with Gasteiger partial charge in [-0.15, -0.1) is 0 Å². The van der Waals surface area contributed by atoms with Gasteiger partial charge in [0.1, 0.15) is 6.61 Å². The van der Waals surface area contributed by atoms with Gasteiger partial charge in [-0.3, -0.25) is 0 Å². The number of hydrogen-bond donors (Lipinski definition) is 1. The van der Waals surface area contributed by atoms with Gasteiger partial charge in [0.2, 0.25) is 0 Å². The second kappa shape index (κ2) is 8.44. The van der Waals surface area contributed by atoms with Crippen molar-refractivity contribution in [3.05, 3.63) is 77.9 Å². The Labute approximate surface area is 135 Å². The predicted molar refractivity (Wildman–Crippen MR) is 89.6 cm³/mol. The van der Waals surface area contributed by atoms with Crippen LogP contribution in [0.4, 0.5) is 0 Å². The Kier molecular flexibility index (Phi) is 6.00. The van der Waals surface area contributed by atoms with Crippen molar-refractivity contribution in [2.75, 3.05) is 7.11 Å². The number of rotatable bonds is 7. The maximum Gasteiger partial charge on any atom is 0.328 e. The first-order valence-electron chi connectivity index (χ1n) is 7.11. The first kappa shape index (κ1) is 16.4. The molecule has 1 N–H and O–H groups in total. The molecule has 0 aliphatic rings. The molecule has 0 amide bonds. The van der Waals surface area contributed by atoms with Gasteiger partial charge < -0.3 is 14.6 Å². The van der Waals surface area contributed by atoms with E-state index < -0.39 is 5.97 Å². The number of hydrogen-bond acceptors (Lipinski definition) is 3. The molecule has 4 nitrogen and oxygen atoms in total. The molecule has 0 saturated heterocycles. The zero-order valence-corrected chi connectivity index (χ0v) is 12.8. The molecule has 2 aromatic rings. The first-order chi connectivity index (χ1) is 11.2. The van der Waals surface area contributed by atoms with Gasteiger partial charge in [0, 0.05) is 6.08 Å². The number of ether oxygens (including phenoxy) is 2. The third-order valence-corrected chi connectivity index (χ3v) is 3.06. The molecule has 0 heterocycles. The van der Waals surface area contributed by atoms with Crippen LogP contribution in [-0.4, -0.2) is 18.2 Å². The van der Waals surface area contributed by atoms with E-state index >= 15 is 0 Å². The third-order valence-electron chi connectivity index (χ3n) is 3.06. The van der Waals surface area contributed by atoms with Crippen LogP contribution in [0.3, 0.4) is 0 Å². The lowest BCUT2D eigenvalue weighted by Gasteiger charge is -2.11. The van der Waals surface area contributed by atoms with Crippen molar-refractivity contribution in [3.63, 3.8) is 0 Å². The molecular weight excluding hydrogens is 292 g/mol. The van der Waals surface area contributed by atoms with Crippen molar-refractivity contribution in [1.82, 2.24) is 0 Å². The average molecular weight is 310 g/mol. The van der Waals surface area contributed by atoms with Gasteiger partial charge in [0.15, 0.2) is 11.5 Å². The Balaban J connectivity index is 2.05. The van der Waals surface area contributed by atoms with Crippen molar-refractivity contribution in [2.24, 2.45) is 0 Å². The summed E-state index contributed by atoms with van der Waals surface area (Å²) in [5, 5.41) is 8.53. The standard InChI is InChI=1S/C19H18O4/c1-22-18-13-15(7-5-6-10-19(20)21)11-12-17(18)23-14-16-8-3-2-4-9-16/h2-13H,14H2,1H3,(H,20,21)/b7-5+,10-6+. The Morgan fingerprint density at radius 3 is 2.57 bits per heavy atom. The second-order valence-corrected chi connectivity index (χ2v) is 4.74. The minimum Gasteiger partial charge on any atom is -0.493 e. The van der Waals surface area contributed by atoms with Gasteiger partial charge in [0.05, 0.1) is 7.11 Å². The van der Waals surface area contributed by atoms with Crippen LogP contribution in [-0.2, 0) is 11.4 Å². The van der Waals surface area contributed by atoms with Gasteiger partial charge in [0.25, 0.3) is 0 Å². The summed E-state index contributed by atoms with van der Waals surface area (Å²) in [5.41, 5.74) is 1.97. The number of allylic oxidation sites excluding steroid dienone is 2. The summed E-state index contributed by atoms with van der Waals surface area (Å²) in [7, 11) is 1.59. The van der Waals surface area contributed by atoms with Crippen LogP contribution in [0.25, 0.3) is 6.08 Å². The molecule has 0 radical (unpaired) electrons. The normalized spacial score (nSPS) is 11.0. The molecule has 0 saturated carbocycles. The maximum atomic E-state index is 10.4. The highest BCUT2D eigenvalue weighted by atomic mass is 16.5. The van der Waals surface area contributed by atoms with Crippen molar-refractivity contribution in [3.8, 4) is 11.5 Å². The molecule has 2 rings (SSSR count). The van der Waals surface area contributed by atoms with Crippen LogP contribution in [0.1, 0.15) is 11.1 Å². The van der Waals surface area contributed by atoms with E-state index in [2.05, 4.69) is 0 Å². The molecule has 0 unspecified atom stereocenters. The lowest BCUT2D eigenvalue weighted by Crippen LogP contribution is -1.97. The SMILES string of the molecule is COc1cc(/C=C/C=C/C(=O)O)ccc1OCc1ccccc1. The Morgan fingerprint density at radius 1 is 1.09 bits per heavy atom. The third kappa shape index (κ3) is 5.36. The summed E-state index contributed by atoms with van der Waals surface area (Å²) in [4.78, 5) is 10.4. The minimum atomic E-state index is -0.975. The highest BCUT2D eigenvalue weighted by Crippen LogP contribution is 2.29. The van der Waals surface area contributed by atoms with E-state index in [-0.39, 0.29) is 0 Å². The van der Waals surface area contributed by atoms with Crippen molar-refractivity contribution in [1.29, 1.82) is 0 Å². The Morgan fingerprint density at radius 2 is 1.87 bits per heavy atom. The van der Waals surface area contributed by atoms with Crippen LogP contribution < -0.4 is 9.47 Å². The van der Waals surface area contributed by atoms with E-state index in [4.69, 9.17) is 14.6 Å². The quantitative estimate of drug-likeness (QED) is 0.622. The smallest absolute Gasteiger partial charge is 0.328 e. The summed E-state index contributed by atoms with van der Waals surface area (Å²) in [5.74, 6) is 0.316. The summed E-state index contributed by atoms with van der Waals surface area (Å²) in [6, 6.07) is 15.4. The monoisotopic (exact) mass is 310 g/mol. The van der Waals surface area contributed by atoms with Crippen LogP contribution in [0.2, 0.25) is 0 Å². The largest absolute Gasteiger partial charge is 0.493 e. The summed E-state index contributed by atoms with van der Waals surface area (Å²) in [6.45, 7) is 0.466. The van der Waals surface area contributed by atoms with Gasteiger partial charge in [-0.25, -0.2) is 4.79 Å². The van der Waals surface area contributed by atoms with Crippen molar-refractivity contribution in [2.45, 2.75) is 6.61 Å². The zero-order valence-electron chi connectivity index (χ0n) is 12.8. The fraction of sp³-hybridized carbons (Fsp3) is 0.105. The molecule has 23 heavy (non-hydrogen) atoms. The van der Waals surface area contributed by atoms with E-state index in [1.165, 1.54) is 6.08 Å². The number of carbonyl (C=O) groups is 1. The first-order valence-corrected chi connectivity index (χ1v) is 7.11. The number of benzene rings is 2. The van der Waals surface area contributed by atoms with Crippen molar-refractivity contribution < 1.29 is 19.4 Å². The van der Waals surface area contributed by atoms with Gasteiger partial charge in [-0.1, -0.05) is 54.6 Å². The number of methoxy groups -OCH3 is 1. The Bertz CT molecular complexity index is 703. The minimum absolute atomic E-state index is 0.466. The molecule has 0 aromatic heterocycles. The number of carboxylic acids is 1. The lowest BCUT2D eigenvalue weighted by atomic mass is 10.2. The number of aliphatic carboxylic acids is 1. The molecule has 118 valence electrons. The Hall–Kier alpha value is -3.01. The molecular formula is C19H18O4. The molecule has 2 aromatic carbocycles. The summed E-state index contributed by atoms with van der Waals surface area (Å²) >= 11 is 0. The predicted octanol–water partition coefficient (Wildman–Crippen LogP) is 3.93. The summed E-state index contributed by atoms with van der Waals surface area (Å²) < 4.78 is 11.1. The number of carboxylic acid groups (broad SMARTS) is 1. The molecule has 0 aliphatic carbocycles. The van der Waals surface area contributed by atoms with E-state index in [1.54, 1.807) is 19.3 Å². The molecule has 0 fully saturated rings. The van der Waals surface area contributed by atoms with Crippen LogP contribution in [0.5, 0.6) is 11.5 Å². The zero-order chi connectivity index (χ0) is 16.5. The molecule has 0 atom stereocenters. The highest BCUT2D eigenvalue weighted by Gasteiger charge is 2.05. The topological polar surface area (TPSA) is 55.8 Å². The maximum absolute atomic E-state index is 10.4. The van der Waals surface area contributed by atoms with E-state index in [9.17, 15) is 4.79 Å². The molecule has 4 heteroatoms. The molecule has 0 aliphatic heterocycles. The van der Waals surface area contributed by atoms with Gasteiger partial charge in [-0.05, 0) is 23.3 Å². The van der Waals surface area contributed by atoms with E-state index in [1.807, 2.05) is 48.5 Å². The average Bonchev–Trinajstić information content (AvgIpc) is 2.58. The van der Waals surface area contributed by atoms with Crippen LogP contribution >= 0.6 is 0 Å². The van der Waals surface area contributed by atoms with E-state index in [0.29, 0.717) is 18.1 Å². The van der Waals surface area contributed by atoms with Gasteiger partial charge in [-0.2, -0.15) is 0 Å². The highest BCUT2D eigenvalue weighted by molar-refractivity contribution is 5.80. The van der Waals surface area contributed by atoms with E-state index in [0.717, 1.165) is 17.2 Å². The van der Waals surface area contributed by atoms with Crippen LogP contribution in [0, 0.1) is 0 Å². The second-order valence-electron chi connectivity index (χ2n) is 4.74. The lowest BCUT2D eigenvalue weighted by molar-refractivity contribution is -0.131. The molecule has 0 spiro atoms. The fourth-order valence-electron chi connectivity index (χ4n) is 1.95.